The van der Waals surface area contributed by atoms with Crippen molar-refractivity contribution in [2.45, 2.75) is 13.2 Å². The molecule has 1 N–H and O–H groups in total. The smallest absolute Gasteiger partial charge is 0.232 e. The van der Waals surface area contributed by atoms with Crippen LogP contribution in [0.5, 0.6) is 17.4 Å². The topological polar surface area (TPSA) is 107 Å². The van der Waals surface area contributed by atoms with Crippen LogP contribution in [-0.2, 0) is 23.2 Å². The monoisotopic (exact) mass is 518 g/mol. The molecule has 10 heteroatoms. The third kappa shape index (κ3) is 4.63. The molecule has 0 atom stereocenters. The van der Waals surface area contributed by atoms with E-state index in [9.17, 15) is 13.5 Å². The van der Waals surface area contributed by atoms with Gasteiger partial charge >= 0.3 is 0 Å². The van der Waals surface area contributed by atoms with Crippen molar-refractivity contribution < 1.29 is 23.0 Å². The summed E-state index contributed by atoms with van der Waals surface area (Å²) in [6.45, 7) is 0.563. The third-order valence-electron chi connectivity index (χ3n) is 6.27. The minimum atomic E-state index is -3.62. The number of benzene rings is 2. The van der Waals surface area contributed by atoms with Crippen LogP contribution >= 0.6 is 0 Å². The number of ether oxygens (including phenoxy) is 2. The lowest BCUT2D eigenvalue weighted by Gasteiger charge is -2.21. The Hall–Kier alpha value is -4.31. The molecule has 3 aromatic heterocycles. The quantitative estimate of drug-likeness (QED) is 0.326. The molecule has 0 unspecified atom stereocenters. The van der Waals surface area contributed by atoms with Gasteiger partial charge in [0, 0.05) is 42.6 Å². The summed E-state index contributed by atoms with van der Waals surface area (Å²) in [5, 5.41) is 12.9. The normalized spacial score (nSPS) is 11.6. The van der Waals surface area contributed by atoms with E-state index >= 15 is 0 Å². The second kappa shape index (κ2) is 9.62. The summed E-state index contributed by atoms with van der Waals surface area (Å²) in [6.07, 6.45) is 7.86. The standard InChI is InChI=1S/C27H26N4O5S/c1-30(37(3,33)34)25-21-5-4-12-29-24(21)26(36-17-19-6-8-20(35-2)9-7-19)23-22(25)16-31(27(23)32)15-18-10-13-28-14-11-18/h4-14,16,32H,15,17H2,1-3H3. The summed E-state index contributed by atoms with van der Waals surface area (Å²) in [5.74, 6) is 1.06. The Morgan fingerprint density at radius 2 is 1.73 bits per heavy atom. The molecule has 37 heavy (non-hydrogen) atoms. The molecule has 0 bridgehead atoms. The van der Waals surface area contributed by atoms with Gasteiger partial charge in [-0.25, -0.2) is 8.42 Å². The summed E-state index contributed by atoms with van der Waals surface area (Å²) in [5.41, 5.74) is 2.69. The molecule has 0 aliphatic rings. The number of fused-ring (bicyclic) bond motifs is 2. The number of anilines is 1. The fourth-order valence-corrected chi connectivity index (χ4v) is 4.85. The van der Waals surface area contributed by atoms with Crippen molar-refractivity contribution in [3.8, 4) is 17.4 Å². The predicted molar refractivity (Wildman–Crippen MR) is 143 cm³/mol. The highest BCUT2D eigenvalue weighted by Gasteiger charge is 2.27. The fourth-order valence-electron chi connectivity index (χ4n) is 4.32. The maximum absolute atomic E-state index is 12.6. The SMILES string of the molecule is COc1ccc(COc2c3ncccc3c(N(C)S(C)(=O)=O)c3cn(Cc4ccncc4)c(O)c23)cc1. The van der Waals surface area contributed by atoms with Gasteiger partial charge in [0.05, 0.1) is 31.0 Å². The lowest BCUT2D eigenvalue weighted by atomic mass is 10.1. The van der Waals surface area contributed by atoms with Gasteiger partial charge in [-0.1, -0.05) is 12.1 Å². The number of methoxy groups -OCH3 is 1. The molecule has 2 aromatic carbocycles. The van der Waals surface area contributed by atoms with Gasteiger partial charge in [0.25, 0.3) is 0 Å². The largest absolute Gasteiger partial charge is 0.497 e. The van der Waals surface area contributed by atoms with Crippen LogP contribution in [0.4, 0.5) is 5.69 Å². The minimum absolute atomic E-state index is 0.0488. The van der Waals surface area contributed by atoms with Crippen LogP contribution in [0.25, 0.3) is 21.7 Å². The van der Waals surface area contributed by atoms with Gasteiger partial charge < -0.3 is 19.1 Å². The van der Waals surface area contributed by atoms with E-state index in [1.165, 1.54) is 11.4 Å². The molecule has 0 fully saturated rings. The predicted octanol–water partition coefficient (Wildman–Crippen LogP) is 4.32. The molecule has 0 saturated carbocycles. The van der Waals surface area contributed by atoms with Gasteiger partial charge in [-0.05, 0) is 47.5 Å². The number of aromatic hydroxyl groups is 1. The first-order valence-corrected chi connectivity index (χ1v) is 13.3. The van der Waals surface area contributed by atoms with Crippen molar-refractivity contribution in [3.05, 3.63) is 84.4 Å². The minimum Gasteiger partial charge on any atom is -0.497 e. The van der Waals surface area contributed by atoms with Crippen molar-refractivity contribution in [2.24, 2.45) is 0 Å². The molecular formula is C27H26N4O5S. The van der Waals surface area contributed by atoms with Crippen molar-refractivity contribution >= 4 is 37.4 Å². The zero-order valence-electron chi connectivity index (χ0n) is 20.6. The van der Waals surface area contributed by atoms with E-state index in [2.05, 4.69) is 9.97 Å². The molecule has 0 radical (unpaired) electrons. The Morgan fingerprint density at radius 1 is 1.00 bits per heavy atom. The number of rotatable bonds is 8. The van der Waals surface area contributed by atoms with Crippen LogP contribution in [0.15, 0.2) is 73.3 Å². The number of aromatic nitrogens is 3. The first kappa shape index (κ1) is 24.4. The maximum Gasteiger partial charge on any atom is 0.232 e. The molecule has 0 saturated heterocycles. The molecule has 9 nitrogen and oxygen atoms in total. The zero-order valence-corrected chi connectivity index (χ0v) is 21.4. The number of pyridine rings is 2. The van der Waals surface area contributed by atoms with E-state index in [0.717, 1.165) is 23.1 Å². The first-order valence-electron chi connectivity index (χ1n) is 11.5. The average molecular weight is 519 g/mol. The van der Waals surface area contributed by atoms with Crippen molar-refractivity contribution in [2.75, 3.05) is 24.7 Å². The van der Waals surface area contributed by atoms with E-state index < -0.39 is 10.0 Å². The van der Waals surface area contributed by atoms with Gasteiger partial charge in [0.1, 0.15) is 17.9 Å². The van der Waals surface area contributed by atoms with E-state index in [-0.39, 0.29) is 12.5 Å². The van der Waals surface area contributed by atoms with Gasteiger partial charge in [-0.3, -0.25) is 14.3 Å². The molecule has 5 aromatic rings. The summed E-state index contributed by atoms with van der Waals surface area (Å²) in [4.78, 5) is 8.59. The Kier molecular flexibility index (Phi) is 6.34. The molecule has 0 amide bonds. The molecule has 0 spiro atoms. The maximum atomic E-state index is 12.6. The Bertz CT molecular complexity index is 1680. The summed E-state index contributed by atoms with van der Waals surface area (Å²) >= 11 is 0. The van der Waals surface area contributed by atoms with Gasteiger partial charge in [-0.2, -0.15) is 0 Å². The van der Waals surface area contributed by atoms with Crippen LogP contribution in [0, 0.1) is 0 Å². The highest BCUT2D eigenvalue weighted by Crippen LogP contribution is 2.47. The molecule has 190 valence electrons. The molecular weight excluding hydrogens is 492 g/mol. The van der Waals surface area contributed by atoms with E-state index in [1.54, 1.807) is 48.6 Å². The van der Waals surface area contributed by atoms with Crippen molar-refractivity contribution in [1.82, 2.24) is 14.5 Å². The van der Waals surface area contributed by atoms with Gasteiger partial charge in [0.2, 0.25) is 15.9 Å². The summed E-state index contributed by atoms with van der Waals surface area (Å²) in [7, 11) is -0.525. The third-order valence-corrected chi connectivity index (χ3v) is 7.44. The number of hydrogen-bond acceptors (Lipinski definition) is 7. The van der Waals surface area contributed by atoms with Gasteiger partial charge in [-0.15, -0.1) is 0 Å². The summed E-state index contributed by atoms with van der Waals surface area (Å²) < 4.78 is 39.7. The van der Waals surface area contributed by atoms with Crippen LogP contribution in [0.2, 0.25) is 0 Å². The number of nitrogens with zero attached hydrogens (tertiary/aromatic N) is 4. The van der Waals surface area contributed by atoms with Crippen molar-refractivity contribution in [1.29, 1.82) is 0 Å². The highest BCUT2D eigenvalue weighted by molar-refractivity contribution is 7.92. The van der Waals surface area contributed by atoms with Crippen LogP contribution in [0.3, 0.4) is 0 Å². The lowest BCUT2D eigenvalue weighted by molar-refractivity contribution is 0.311. The number of hydrogen-bond donors (Lipinski definition) is 1. The van der Waals surface area contributed by atoms with Crippen LogP contribution < -0.4 is 13.8 Å². The highest BCUT2D eigenvalue weighted by atomic mass is 32.2. The fraction of sp³-hybridized carbons (Fsp3) is 0.185. The van der Waals surface area contributed by atoms with Crippen molar-refractivity contribution in [3.63, 3.8) is 0 Å². The van der Waals surface area contributed by atoms with E-state index in [0.29, 0.717) is 39.7 Å². The van der Waals surface area contributed by atoms with Gasteiger partial charge in [0.15, 0.2) is 5.75 Å². The Labute approximate surface area is 214 Å². The van der Waals surface area contributed by atoms with E-state index in [1.807, 2.05) is 36.4 Å². The second-order valence-corrected chi connectivity index (χ2v) is 10.7. The first-order chi connectivity index (χ1) is 17.8. The second-order valence-electron chi connectivity index (χ2n) is 8.67. The Morgan fingerprint density at radius 3 is 2.41 bits per heavy atom. The lowest BCUT2D eigenvalue weighted by Crippen LogP contribution is -2.25. The molecule has 3 heterocycles. The number of sulfonamides is 1. The zero-order chi connectivity index (χ0) is 26.2. The summed E-state index contributed by atoms with van der Waals surface area (Å²) in [6, 6.07) is 14.7. The molecule has 0 aliphatic carbocycles. The molecule has 5 rings (SSSR count). The molecule has 0 aliphatic heterocycles. The Balaban J connectivity index is 1.73. The average Bonchev–Trinajstić information content (AvgIpc) is 3.21. The van der Waals surface area contributed by atoms with E-state index in [4.69, 9.17) is 9.47 Å². The van der Waals surface area contributed by atoms with Crippen LogP contribution in [0.1, 0.15) is 11.1 Å². The van der Waals surface area contributed by atoms with Crippen LogP contribution in [-0.4, -0.2) is 48.5 Å².